The predicted octanol–water partition coefficient (Wildman–Crippen LogP) is 3.93. The van der Waals surface area contributed by atoms with Crippen molar-refractivity contribution in [2.24, 2.45) is 5.41 Å². The first-order valence-electron chi connectivity index (χ1n) is 8.03. The van der Waals surface area contributed by atoms with Crippen molar-refractivity contribution < 1.29 is 0 Å². The van der Waals surface area contributed by atoms with Crippen LogP contribution in [-0.2, 0) is 6.54 Å². The second kappa shape index (κ2) is 6.44. The Kier molecular flexibility index (Phi) is 4.39. The predicted molar refractivity (Wildman–Crippen MR) is 86.5 cm³/mol. The molecule has 112 valence electrons. The molecule has 2 aromatic rings. The zero-order valence-corrected chi connectivity index (χ0v) is 12.9. The van der Waals surface area contributed by atoms with Crippen molar-refractivity contribution in [2.45, 2.75) is 45.6 Å². The summed E-state index contributed by atoms with van der Waals surface area (Å²) in [5, 5.41) is 3.65. The van der Waals surface area contributed by atoms with Crippen LogP contribution in [0, 0.1) is 5.41 Å². The number of nitrogens with one attached hydrogen (secondary N) is 1. The SMILES string of the molecule is CC1(CNCc2ccc(-n3ccnc3)cc2)CCCCC1. The molecular weight excluding hydrogens is 258 g/mol. The summed E-state index contributed by atoms with van der Waals surface area (Å²) in [6.45, 7) is 4.53. The van der Waals surface area contributed by atoms with Gasteiger partial charge in [0, 0.05) is 31.2 Å². The van der Waals surface area contributed by atoms with Crippen molar-refractivity contribution in [3.63, 3.8) is 0 Å². The molecule has 1 aromatic carbocycles. The van der Waals surface area contributed by atoms with Gasteiger partial charge in [0.25, 0.3) is 0 Å². The number of hydrogen-bond acceptors (Lipinski definition) is 2. The van der Waals surface area contributed by atoms with E-state index >= 15 is 0 Å². The normalized spacial score (nSPS) is 17.8. The fourth-order valence-corrected chi connectivity index (χ4v) is 3.29. The van der Waals surface area contributed by atoms with Crippen molar-refractivity contribution in [1.82, 2.24) is 14.9 Å². The topological polar surface area (TPSA) is 29.9 Å². The van der Waals surface area contributed by atoms with Crippen molar-refractivity contribution >= 4 is 0 Å². The molecule has 0 saturated heterocycles. The van der Waals surface area contributed by atoms with Crippen LogP contribution >= 0.6 is 0 Å². The molecule has 21 heavy (non-hydrogen) atoms. The molecule has 1 saturated carbocycles. The fraction of sp³-hybridized carbons (Fsp3) is 0.500. The Labute approximate surface area is 127 Å². The van der Waals surface area contributed by atoms with Gasteiger partial charge in [0.15, 0.2) is 0 Å². The zero-order valence-electron chi connectivity index (χ0n) is 12.9. The highest BCUT2D eigenvalue weighted by Gasteiger charge is 2.25. The van der Waals surface area contributed by atoms with Crippen LogP contribution in [0.3, 0.4) is 0 Å². The second-order valence-corrected chi connectivity index (χ2v) is 6.61. The van der Waals surface area contributed by atoms with Gasteiger partial charge in [-0.1, -0.05) is 38.3 Å². The maximum Gasteiger partial charge on any atom is 0.0991 e. The first-order chi connectivity index (χ1) is 10.3. The molecule has 1 aromatic heterocycles. The summed E-state index contributed by atoms with van der Waals surface area (Å²) in [6.07, 6.45) is 12.6. The fourth-order valence-electron chi connectivity index (χ4n) is 3.29. The molecule has 0 aliphatic heterocycles. The van der Waals surface area contributed by atoms with Gasteiger partial charge in [0.2, 0.25) is 0 Å². The molecule has 1 aliphatic rings. The smallest absolute Gasteiger partial charge is 0.0991 e. The maximum absolute atomic E-state index is 4.08. The molecule has 3 heteroatoms. The van der Waals surface area contributed by atoms with Crippen molar-refractivity contribution in [2.75, 3.05) is 6.54 Å². The lowest BCUT2D eigenvalue weighted by molar-refractivity contribution is 0.207. The Balaban J connectivity index is 1.51. The van der Waals surface area contributed by atoms with Gasteiger partial charge in [-0.15, -0.1) is 0 Å². The highest BCUT2D eigenvalue weighted by atomic mass is 15.0. The standard InChI is InChI=1S/C18H25N3/c1-18(9-3-2-4-10-18)14-20-13-16-5-7-17(8-6-16)21-12-11-19-15-21/h5-8,11-12,15,20H,2-4,9-10,13-14H2,1H3. The molecule has 0 spiro atoms. The maximum atomic E-state index is 4.08. The molecule has 3 nitrogen and oxygen atoms in total. The summed E-state index contributed by atoms with van der Waals surface area (Å²) in [6, 6.07) is 8.71. The van der Waals surface area contributed by atoms with Crippen LogP contribution in [0.1, 0.15) is 44.6 Å². The summed E-state index contributed by atoms with van der Waals surface area (Å²) in [5.74, 6) is 0. The molecule has 1 heterocycles. The monoisotopic (exact) mass is 283 g/mol. The zero-order chi connectivity index (χ0) is 14.5. The minimum atomic E-state index is 0.509. The van der Waals surface area contributed by atoms with Crippen LogP contribution in [0.4, 0.5) is 0 Å². The molecule has 1 aliphatic carbocycles. The van der Waals surface area contributed by atoms with E-state index in [0.717, 1.165) is 18.8 Å². The summed E-state index contributed by atoms with van der Waals surface area (Å²) in [4.78, 5) is 4.08. The van der Waals surface area contributed by atoms with E-state index in [0.29, 0.717) is 5.41 Å². The Morgan fingerprint density at radius 1 is 1.14 bits per heavy atom. The average Bonchev–Trinajstić information content (AvgIpc) is 3.03. The van der Waals surface area contributed by atoms with E-state index in [4.69, 9.17) is 0 Å². The lowest BCUT2D eigenvalue weighted by Gasteiger charge is -2.33. The molecule has 0 radical (unpaired) electrons. The van der Waals surface area contributed by atoms with E-state index in [1.165, 1.54) is 37.7 Å². The van der Waals surface area contributed by atoms with Gasteiger partial charge in [0.05, 0.1) is 6.33 Å². The van der Waals surface area contributed by atoms with E-state index in [2.05, 4.69) is 41.5 Å². The number of imidazole rings is 1. The molecule has 1 N–H and O–H groups in total. The summed E-state index contributed by atoms with van der Waals surface area (Å²) in [7, 11) is 0. The van der Waals surface area contributed by atoms with E-state index in [1.54, 1.807) is 6.20 Å². The first-order valence-corrected chi connectivity index (χ1v) is 8.03. The van der Waals surface area contributed by atoms with E-state index in [9.17, 15) is 0 Å². The number of rotatable bonds is 5. The van der Waals surface area contributed by atoms with E-state index in [1.807, 2.05) is 17.1 Å². The van der Waals surface area contributed by atoms with Crippen molar-refractivity contribution in [3.05, 3.63) is 48.5 Å². The van der Waals surface area contributed by atoms with Gasteiger partial charge in [-0.3, -0.25) is 0 Å². The van der Waals surface area contributed by atoms with Gasteiger partial charge in [-0.2, -0.15) is 0 Å². The largest absolute Gasteiger partial charge is 0.312 e. The lowest BCUT2D eigenvalue weighted by Crippen LogP contribution is -2.33. The number of aromatic nitrogens is 2. The molecule has 0 amide bonds. The minimum Gasteiger partial charge on any atom is -0.312 e. The van der Waals surface area contributed by atoms with Crippen LogP contribution in [0.5, 0.6) is 0 Å². The minimum absolute atomic E-state index is 0.509. The highest BCUT2D eigenvalue weighted by molar-refractivity contribution is 5.34. The van der Waals surface area contributed by atoms with Gasteiger partial charge in [-0.05, 0) is 36.0 Å². The van der Waals surface area contributed by atoms with Gasteiger partial charge < -0.3 is 9.88 Å². The Morgan fingerprint density at radius 3 is 2.57 bits per heavy atom. The lowest BCUT2D eigenvalue weighted by atomic mass is 9.76. The number of hydrogen-bond donors (Lipinski definition) is 1. The van der Waals surface area contributed by atoms with Crippen LogP contribution < -0.4 is 5.32 Å². The van der Waals surface area contributed by atoms with E-state index in [-0.39, 0.29) is 0 Å². The molecule has 1 fully saturated rings. The van der Waals surface area contributed by atoms with Gasteiger partial charge in [-0.25, -0.2) is 4.98 Å². The molecule has 0 atom stereocenters. The third-order valence-corrected chi connectivity index (χ3v) is 4.68. The first kappa shape index (κ1) is 14.3. The second-order valence-electron chi connectivity index (χ2n) is 6.61. The highest BCUT2D eigenvalue weighted by Crippen LogP contribution is 2.34. The van der Waals surface area contributed by atoms with Crippen molar-refractivity contribution in [1.29, 1.82) is 0 Å². The number of benzene rings is 1. The van der Waals surface area contributed by atoms with Crippen LogP contribution in [-0.4, -0.2) is 16.1 Å². The van der Waals surface area contributed by atoms with E-state index < -0.39 is 0 Å². The molecule has 0 bridgehead atoms. The van der Waals surface area contributed by atoms with Crippen LogP contribution in [0.25, 0.3) is 5.69 Å². The molecule has 3 rings (SSSR count). The Morgan fingerprint density at radius 2 is 1.90 bits per heavy atom. The molecule has 0 unspecified atom stereocenters. The van der Waals surface area contributed by atoms with Gasteiger partial charge in [0.1, 0.15) is 0 Å². The van der Waals surface area contributed by atoms with Crippen LogP contribution in [0.15, 0.2) is 43.0 Å². The Bertz CT molecular complexity index is 536. The van der Waals surface area contributed by atoms with Crippen LogP contribution in [0.2, 0.25) is 0 Å². The van der Waals surface area contributed by atoms with Crippen molar-refractivity contribution in [3.8, 4) is 5.69 Å². The quantitative estimate of drug-likeness (QED) is 0.901. The molecular formula is C18H25N3. The third kappa shape index (κ3) is 3.73. The third-order valence-electron chi connectivity index (χ3n) is 4.68. The summed E-state index contributed by atoms with van der Waals surface area (Å²) >= 11 is 0. The average molecular weight is 283 g/mol. The number of nitrogens with zero attached hydrogens (tertiary/aromatic N) is 2. The summed E-state index contributed by atoms with van der Waals surface area (Å²) in [5.41, 5.74) is 3.02. The Hall–Kier alpha value is -1.61. The van der Waals surface area contributed by atoms with Gasteiger partial charge >= 0.3 is 0 Å². The summed E-state index contributed by atoms with van der Waals surface area (Å²) < 4.78 is 2.03.